The molecule has 106 valence electrons. The molecule has 0 radical (unpaired) electrons. The number of carbonyl (C=O) groups is 1. The van der Waals surface area contributed by atoms with Crippen molar-refractivity contribution >= 4 is 11.7 Å². The van der Waals surface area contributed by atoms with Crippen LogP contribution in [0.5, 0.6) is 0 Å². The Bertz CT molecular complexity index is 634. The van der Waals surface area contributed by atoms with Crippen molar-refractivity contribution in [1.29, 1.82) is 0 Å². The fraction of sp³-hybridized carbons (Fsp3) is 0.357. The number of esters is 1. The second kappa shape index (κ2) is 5.73. The van der Waals surface area contributed by atoms with E-state index in [0.717, 1.165) is 11.1 Å². The highest BCUT2D eigenvalue weighted by molar-refractivity contribution is 5.93. The average molecular weight is 274 g/mol. The van der Waals surface area contributed by atoms with Crippen molar-refractivity contribution in [2.75, 3.05) is 5.73 Å². The zero-order valence-corrected chi connectivity index (χ0v) is 11.9. The van der Waals surface area contributed by atoms with Gasteiger partial charge in [0.15, 0.2) is 5.69 Å². The van der Waals surface area contributed by atoms with E-state index in [2.05, 4.69) is 10.1 Å². The van der Waals surface area contributed by atoms with Crippen LogP contribution >= 0.6 is 0 Å². The van der Waals surface area contributed by atoms with Crippen molar-refractivity contribution < 1.29 is 9.53 Å². The normalized spacial score (nSPS) is 10.6. The molecule has 0 bridgehead atoms. The molecule has 0 aliphatic rings. The third kappa shape index (κ3) is 2.79. The van der Waals surface area contributed by atoms with Crippen LogP contribution in [0.25, 0.3) is 0 Å². The fourth-order valence-corrected chi connectivity index (χ4v) is 2.01. The van der Waals surface area contributed by atoms with Gasteiger partial charge >= 0.3 is 5.97 Å². The Morgan fingerprint density at radius 3 is 2.80 bits per heavy atom. The van der Waals surface area contributed by atoms with Crippen LogP contribution in [0, 0.1) is 6.92 Å². The number of aryl methyl sites for hydroxylation is 3. The second-order valence-corrected chi connectivity index (χ2v) is 4.63. The zero-order chi connectivity index (χ0) is 14.7. The van der Waals surface area contributed by atoms with E-state index in [0.29, 0.717) is 23.5 Å². The molecule has 0 aliphatic heterocycles. The van der Waals surface area contributed by atoms with Gasteiger partial charge in [0, 0.05) is 25.0 Å². The molecule has 6 heteroatoms. The van der Waals surface area contributed by atoms with Crippen LogP contribution in [-0.4, -0.2) is 20.7 Å². The largest absolute Gasteiger partial charge is 0.456 e. The minimum atomic E-state index is -0.473. The second-order valence-electron chi connectivity index (χ2n) is 4.63. The van der Waals surface area contributed by atoms with E-state index in [1.54, 1.807) is 19.4 Å². The maximum Gasteiger partial charge on any atom is 0.359 e. The summed E-state index contributed by atoms with van der Waals surface area (Å²) >= 11 is 0. The van der Waals surface area contributed by atoms with Crippen molar-refractivity contribution in [3.63, 3.8) is 0 Å². The Balaban J connectivity index is 2.11. The molecule has 2 aromatic heterocycles. The highest BCUT2D eigenvalue weighted by Gasteiger charge is 2.20. The highest BCUT2D eigenvalue weighted by Crippen LogP contribution is 2.18. The first-order valence-electron chi connectivity index (χ1n) is 6.42. The van der Waals surface area contributed by atoms with Crippen molar-refractivity contribution in [2.24, 2.45) is 7.05 Å². The predicted octanol–water partition coefficient (Wildman–Crippen LogP) is 1.63. The number of hydrogen-bond acceptors (Lipinski definition) is 5. The molecule has 0 aliphatic carbocycles. The van der Waals surface area contributed by atoms with Crippen molar-refractivity contribution in [2.45, 2.75) is 26.9 Å². The summed E-state index contributed by atoms with van der Waals surface area (Å²) in [7, 11) is 1.68. The number of pyridine rings is 1. The van der Waals surface area contributed by atoms with Crippen molar-refractivity contribution in [3.8, 4) is 0 Å². The standard InChI is InChI=1S/C14H18N4O2/c1-4-11-12(15)13(18(3)17-11)14(19)20-8-10-5-9(2)6-16-7-10/h5-7H,4,8,15H2,1-3H3. The Kier molecular flexibility index (Phi) is 4.02. The Hall–Kier alpha value is -2.37. The predicted molar refractivity (Wildman–Crippen MR) is 75.1 cm³/mol. The van der Waals surface area contributed by atoms with Gasteiger partial charge < -0.3 is 10.5 Å². The van der Waals surface area contributed by atoms with Gasteiger partial charge in [0.25, 0.3) is 0 Å². The van der Waals surface area contributed by atoms with Crippen LogP contribution in [0.2, 0.25) is 0 Å². The lowest BCUT2D eigenvalue weighted by Gasteiger charge is -2.06. The zero-order valence-electron chi connectivity index (χ0n) is 11.9. The van der Waals surface area contributed by atoms with Gasteiger partial charge in [-0.25, -0.2) is 4.79 Å². The summed E-state index contributed by atoms with van der Waals surface area (Å²) in [4.78, 5) is 16.1. The Morgan fingerprint density at radius 2 is 2.20 bits per heavy atom. The maximum atomic E-state index is 12.1. The highest BCUT2D eigenvalue weighted by atomic mass is 16.5. The van der Waals surface area contributed by atoms with Crippen LogP contribution in [-0.2, 0) is 24.8 Å². The molecule has 0 spiro atoms. The molecule has 2 heterocycles. The molecule has 20 heavy (non-hydrogen) atoms. The van der Waals surface area contributed by atoms with Crippen molar-refractivity contribution in [3.05, 3.63) is 41.0 Å². The number of rotatable bonds is 4. The van der Waals surface area contributed by atoms with E-state index in [4.69, 9.17) is 10.5 Å². The number of aromatic nitrogens is 3. The summed E-state index contributed by atoms with van der Waals surface area (Å²) in [5.41, 5.74) is 9.17. The Labute approximate surface area is 117 Å². The SMILES string of the molecule is CCc1nn(C)c(C(=O)OCc2cncc(C)c2)c1N. The minimum absolute atomic E-state index is 0.166. The monoisotopic (exact) mass is 274 g/mol. The van der Waals surface area contributed by atoms with Gasteiger partial charge in [-0.05, 0) is 25.0 Å². The van der Waals surface area contributed by atoms with E-state index in [1.165, 1.54) is 4.68 Å². The molecular formula is C14H18N4O2. The first-order valence-corrected chi connectivity index (χ1v) is 6.42. The van der Waals surface area contributed by atoms with E-state index >= 15 is 0 Å². The molecule has 0 saturated heterocycles. The molecule has 2 aromatic rings. The third-order valence-corrected chi connectivity index (χ3v) is 2.99. The molecule has 2 N–H and O–H groups in total. The summed E-state index contributed by atoms with van der Waals surface area (Å²) in [5, 5.41) is 4.20. The van der Waals surface area contributed by atoms with E-state index in [9.17, 15) is 4.79 Å². The third-order valence-electron chi connectivity index (χ3n) is 2.99. The quantitative estimate of drug-likeness (QED) is 0.857. The number of ether oxygens (including phenoxy) is 1. The van der Waals surface area contributed by atoms with E-state index in [1.807, 2.05) is 19.9 Å². The molecule has 0 fully saturated rings. The smallest absolute Gasteiger partial charge is 0.359 e. The number of carbonyl (C=O) groups excluding carboxylic acids is 1. The summed E-state index contributed by atoms with van der Waals surface area (Å²) in [6, 6.07) is 1.92. The molecule has 2 rings (SSSR count). The number of nitrogens with two attached hydrogens (primary N) is 1. The van der Waals surface area contributed by atoms with Crippen LogP contribution in [0.3, 0.4) is 0 Å². The molecule has 0 atom stereocenters. The van der Waals surface area contributed by atoms with Gasteiger partial charge in [-0.2, -0.15) is 5.10 Å². The van der Waals surface area contributed by atoms with Gasteiger partial charge in [-0.1, -0.05) is 6.92 Å². The lowest BCUT2D eigenvalue weighted by Crippen LogP contribution is -2.12. The lowest BCUT2D eigenvalue weighted by atomic mass is 10.2. The topological polar surface area (TPSA) is 83.0 Å². The fourth-order valence-electron chi connectivity index (χ4n) is 2.01. The summed E-state index contributed by atoms with van der Waals surface area (Å²) < 4.78 is 6.73. The summed E-state index contributed by atoms with van der Waals surface area (Å²) in [6.45, 7) is 4.04. The molecule has 0 aromatic carbocycles. The average Bonchev–Trinajstić information content (AvgIpc) is 2.71. The molecular weight excluding hydrogens is 256 g/mol. The van der Waals surface area contributed by atoms with Crippen LogP contribution < -0.4 is 5.73 Å². The van der Waals surface area contributed by atoms with Crippen LogP contribution in [0.4, 0.5) is 5.69 Å². The van der Waals surface area contributed by atoms with Crippen LogP contribution in [0.15, 0.2) is 18.5 Å². The van der Waals surface area contributed by atoms with E-state index in [-0.39, 0.29) is 6.61 Å². The number of anilines is 1. The summed E-state index contributed by atoms with van der Waals surface area (Å²) in [5.74, 6) is -0.473. The molecule has 6 nitrogen and oxygen atoms in total. The maximum absolute atomic E-state index is 12.1. The number of hydrogen-bond donors (Lipinski definition) is 1. The van der Waals surface area contributed by atoms with Gasteiger partial charge in [-0.15, -0.1) is 0 Å². The first kappa shape index (κ1) is 14.0. The van der Waals surface area contributed by atoms with Gasteiger partial charge in [-0.3, -0.25) is 9.67 Å². The lowest BCUT2D eigenvalue weighted by molar-refractivity contribution is 0.0460. The first-order chi connectivity index (χ1) is 9.52. The van der Waals surface area contributed by atoms with E-state index < -0.39 is 5.97 Å². The molecule has 0 unspecified atom stereocenters. The van der Waals surface area contributed by atoms with Gasteiger partial charge in [0.2, 0.25) is 0 Å². The molecule has 0 amide bonds. The van der Waals surface area contributed by atoms with Gasteiger partial charge in [0.1, 0.15) is 6.61 Å². The minimum Gasteiger partial charge on any atom is -0.456 e. The van der Waals surface area contributed by atoms with Gasteiger partial charge in [0.05, 0.1) is 11.4 Å². The molecule has 0 saturated carbocycles. The Morgan fingerprint density at radius 1 is 1.45 bits per heavy atom. The summed E-state index contributed by atoms with van der Waals surface area (Å²) in [6.07, 6.45) is 4.09. The number of nitrogen functional groups attached to an aromatic ring is 1. The van der Waals surface area contributed by atoms with Crippen LogP contribution in [0.1, 0.15) is 34.2 Å². The number of nitrogens with zero attached hydrogens (tertiary/aromatic N) is 3. The van der Waals surface area contributed by atoms with Crippen molar-refractivity contribution in [1.82, 2.24) is 14.8 Å².